The minimum atomic E-state index is -3.16. The predicted molar refractivity (Wildman–Crippen MR) is 44.0 cm³/mol. The second-order valence-corrected chi connectivity index (χ2v) is 2.67. The van der Waals surface area contributed by atoms with Crippen LogP contribution in [0.25, 0.3) is 0 Å². The third-order valence-corrected chi connectivity index (χ3v) is 1.71. The van der Waals surface area contributed by atoms with Gasteiger partial charge in [-0.1, -0.05) is 0 Å². The highest BCUT2D eigenvalue weighted by molar-refractivity contribution is 5.87. The van der Waals surface area contributed by atoms with Crippen molar-refractivity contribution in [3.05, 3.63) is 28.8 Å². The Morgan fingerprint density at radius 3 is 2.60 bits per heavy atom. The summed E-state index contributed by atoms with van der Waals surface area (Å²) in [5.41, 5.74) is 3.18. The molecule has 0 spiro atoms. The number of halogens is 3. The van der Waals surface area contributed by atoms with Gasteiger partial charge < -0.3 is 10.8 Å². The lowest BCUT2D eigenvalue weighted by atomic mass is 10.1. The average molecular weight is 220 g/mol. The van der Waals surface area contributed by atoms with Crippen LogP contribution in [0, 0.1) is 5.82 Å². The maximum Gasteiger partial charge on any atom is 0.354 e. The number of aromatic nitrogens is 1. The van der Waals surface area contributed by atoms with Crippen LogP contribution in [0.2, 0.25) is 0 Å². The normalized spacial score (nSPS) is 10.7. The molecular formula is C8H7F3N2O2. The Labute approximate surface area is 82.5 Å². The Hall–Kier alpha value is -1.63. The molecule has 0 unspecified atom stereocenters. The van der Waals surface area contributed by atoms with E-state index in [0.717, 1.165) is 0 Å². The highest BCUT2D eigenvalue weighted by Crippen LogP contribution is 2.22. The molecule has 0 amide bonds. The molecule has 1 aromatic rings. The molecule has 4 nitrogen and oxygen atoms in total. The molecule has 1 heterocycles. The molecule has 0 aliphatic carbocycles. The van der Waals surface area contributed by atoms with Crippen molar-refractivity contribution >= 4 is 5.97 Å². The van der Waals surface area contributed by atoms with E-state index in [1.165, 1.54) is 0 Å². The number of carboxylic acids is 1. The molecule has 15 heavy (non-hydrogen) atoms. The molecule has 0 atom stereocenters. The molecule has 0 aromatic carbocycles. The van der Waals surface area contributed by atoms with E-state index in [2.05, 4.69) is 4.98 Å². The number of carboxylic acid groups (broad SMARTS) is 1. The van der Waals surface area contributed by atoms with E-state index in [1.807, 2.05) is 0 Å². The van der Waals surface area contributed by atoms with Crippen molar-refractivity contribution in [2.24, 2.45) is 5.73 Å². The van der Waals surface area contributed by atoms with E-state index in [1.54, 1.807) is 0 Å². The van der Waals surface area contributed by atoms with E-state index in [0.29, 0.717) is 6.07 Å². The Morgan fingerprint density at radius 1 is 1.60 bits per heavy atom. The van der Waals surface area contributed by atoms with E-state index in [9.17, 15) is 18.0 Å². The van der Waals surface area contributed by atoms with Crippen LogP contribution in [0.1, 0.15) is 28.2 Å². The van der Waals surface area contributed by atoms with Crippen molar-refractivity contribution in [2.45, 2.75) is 13.0 Å². The fourth-order valence-corrected chi connectivity index (χ4v) is 1.03. The zero-order valence-electron chi connectivity index (χ0n) is 7.38. The Kier molecular flexibility index (Phi) is 3.25. The minimum Gasteiger partial charge on any atom is -0.477 e. The van der Waals surface area contributed by atoms with Crippen molar-refractivity contribution in [3.8, 4) is 0 Å². The molecule has 0 saturated carbocycles. The summed E-state index contributed by atoms with van der Waals surface area (Å²) < 4.78 is 37.3. The lowest BCUT2D eigenvalue weighted by Crippen LogP contribution is -2.13. The predicted octanol–water partition coefficient (Wildman–Crippen LogP) is 1.32. The van der Waals surface area contributed by atoms with Crippen LogP contribution in [-0.4, -0.2) is 16.1 Å². The minimum absolute atomic E-state index is 0.121. The zero-order valence-corrected chi connectivity index (χ0v) is 7.38. The van der Waals surface area contributed by atoms with Gasteiger partial charge in [-0.15, -0.1) is 0 Å². The third-order valence-electron chi connectivity index (χ3n) is 1.71. The topological polar surface area (TPSA) is 76.2 Å². The van der Waals surface area contributed by atoms with Crippen LogP contribution in [0.4, 0.5) is 13.2 Å². The Bertz CT molecular complexity index is 396. The van der Waals surface area contributed by atoms with E-state index >= 15 is 0 Å². The van der Waals surface area contributed by atoms with Crippen molar-refractivity contribution in [1.82, 2.24) is 4.98 Å². The van der Waals surface area contributed by atoms with Gasteiger partial charge in [-0.05, 0) is 6.07 Å². The quantitative estimate of drug-likeness (QED) is 0.805. The average Bonchev–Trinajstić information content (AvgIpc) is 2.16. The summed E-state index contributed by atoms with van der Waals surface area (Å²) in [5, 5.41) is 8.61. The largest absolute Gasteiger partial charge is 0.477 e. The van der Waals surface area contributed by atoms with Gasteiger partial charge in [0.2, 0.25) is 0 Å². The lowest BCUT2D eigenvalue weighted by Gasteiger charge is -2.06. The summed E-state index contributed by atoms with van der Waals surface area (Å²) in [6.07, 6.45) is -3.16. The number of hydrogen-bond donors (Lipinski definition) is 2. The number of pyridine rings is 1. The summed E-state index contributed by atoms with van der Waals surface area (Å²) in [6.45, 7) is -0.283. The van der Waals surface area contributed by atoms with E-state index in [4.69, 9.17) is 10.8 Å². The summed E-state index contributed by atoms with van der Waals surface area (Å²) in [5.74, 6) is -2.77. The molecule has 82 valence electrons. The second kappa shape index (κ2) is 4.26. The fourth-order valence-electron chi connectivity index (χ4n) is 1.03. The number of rotatable bonds is 3. The molecule has 0 aliphatic heterocycles. The number of hydrogen-bond acceptors (Lipinski definition) is 3. The van der Waals surface area contributed by atoms with Gasteiger partial charge in [-0.2, -0.15) is 0 Å². The SMILES string of the molecule is NCc1cc(F)c(C(F)F)nc1C(=O)O. The third kappa shape index (κ3) is 2.24. The van der Waals surface area contributed by atoms with Crippen LogP contribution in [0.15, 0.2) is 6.07 Å². The zero-order chi connectivity index (χ0) is 11.6. The molecule has 0 fully saturated rings. The number of nitrogens with two attached hydrogens (primary N) is 1. The van der Waals surface area contributed by atoms with Crippen molar-refractivity contribution in [2.75, 3.05) is 0 Å². The maximum absolute atomic E-state index is 12.9. The molecule has 0 aliphatic rings. The Balaban J connectivity index is 3.37. The summed E-state index contributed by atoms with van der Waals surface area (Å²) in [7, 11) is 0. The van der Waals surface area contributed by atoms with Crippen LogP contribution >= 0.6 is 0 Å². The van der Waals surface area contributed by atoms with Crippen molar-refractivity contribution < 1.29 is 23.1 Å². The van der Waals surface area contributed by atoms with E-state index in [-0.39, 0.29) is 12.1 Å². The number of carbonyl (C=O) groups is 1. The number of aromatic carboxylic acids is 1. The first-order valence-corrected chi connectivity index (χ1v) is 3.88. The van der Waals surface area contributed by atoms with Crippen LogP contribution < -0.4 is 5.73 Å². The second-order valence-electron chi connectivity index (χ2n) is 2.67. The van der Waals surface area contributed by atoms with Gasteiger partial charge in [0.25, 0.3) is 6.43 Å². The molecular weight excluding hydrogens is 213 g/mol. The van der Waals surface area contributed by atoms with Crippen molar-refractivity contribution in [1.29, 1.82) is 0 Å². The molecule has 0 bridgehead atoms. The highest BCUT2D eigenvalue weighted by Gasteiger charge is 2.21. The highest BCUT2D eigenvalue weighted by atomic mass is 19.3. The molecule has 0 radical (unpaired) electrons. The first-order valence-electron chi connectivity index (χ1n) is 3.88. The van der Waals surface area contributed by atoms with Gasteiger partial charge in [0.15, 0.2) is 11.5 Å². The van der Waals surface area contributed by atoms with Gasteiger partial charge in [-0.3, -0.25) is 0 Å². The molecule has 1 aromatic heterocycles. The Morgan fingerprint density at radius 2 is 2.20 bits per heavy atom. The van der Waals surface area contributed by atoms with Crippen LogP contribution in [0.3, 0.4) is 0 Å². The van der Waals surface area contributed by atoms with Gasteiger partial charge in [0.05, 0.1) is 0 Å². The standard InChI is InChI=1S/C8H7F3N2O2/c9-4-1-3(2-12)5(8(14)15)13-6(4)7(10)11/h1,7H,2,12H2,(H,14,15). The first-order chi connectivity index (χ1) is 6.97. The number of nitrogens with zero attached hydrogens (tertiary/aromatic N) is 1. The molecule has 7 heteroatoms. The summed E-state index contributed by atoms with van der Waals surface area (Å²) >= 11 is 0. The summed E-state index contributed by atoms with van der Waals surface area (Å²) in [4.78, 5) is 13.6. The van der Waals surface area contributed by atoms with Gasteiger partial charge in [0.1, 0.15) is 5.69 Å². The smallest absolute Gasteiger partial charge is 0.354 e. The van der Waals surface area contributed by atoms with Gasteiger partial charge >= 0.3 is 5.97 Å². The maximum atomic E-state index is 12.9. The lowest BCUT2D eigenvalue weighted by molar-refractivity contribution is 0.0687. The van der Waals surface area contributed by atoms with Crippen molar-refractivity contribution in [3.63, 3.8) is 0 Å². The summed E-state index contributed by atoms with van der Waals surface area (Å²) in [6, 6.07) is 0.665. The van der Waals surface area contributed by atoms with E-state index < -0.39 is 29.6 Å². The molecule has 0 saturated heterocycles. The number of alkyl halides is 2. The molecule has 1 rings (SSSR count). The van der Waals surface area contributed by atoms with Gasteiger partial charge in [-0.25, -0.2) is 22.9 Å². The first kappa shape index (κ1) is 11.4. The fraction of sp³-hybridized carbons (Fsp3) is 0.250. The monoisotopic (exact) mass is 220 g/mol. The van der Waals surface area contributed by atoms with Crippen LogP contribution in [-0.2, 0) is 6.54 Å². The van der Waals surface area contributed by atoms with Crippen LogP contribution in [0.5, 0.6) is 0 Å². The van der Waals surface area contributed by atoms with Gasteiger partial charge in [0, 0.05) is 12.1 Å². The molecule has 3 N–H and O–H groups in total.